The van der Waals surface area contributed by atoms with Crippen LogP contribution in [0.2, 0.25) is 0 Å². The van der Waals surface area contributed by atoms with Crippen molar-refractivity contribution in [3.05, 3.63) is 166 Å². The molecule has 0 bridgehead atoms. The normalized spacial score (nSPS) is 19.9. The van der Waals surface area contributed by atoms with Crippen LogP contribution in [0.1, 0.15) is 116 Å². The fourth-order valence-corrected chi connectivity index (χ4v) is 6.03. The molecule has 0 heterocycles. The minimum Gasteiger partial charge on any atom is -0.392 e. The van der Waals surface area contributed by atoms with Gasteiger partial charge in [0.15, 0.2) is 0 Å². The molecule has 0 unspecified atom stereocenters. The number of rotatable bonds is 18. The first kappa shape index (κ1) is 46.3. The van der Waals surface area contributed by atoms with Crippen LogP contribution in [0.25, 0.3) is 0 Å². The first-order valence-electron chi connectivity index (χ1n) is 19.1. The van der Waals surface area contributed by atoms with Gasteiger partial charge in [0.05, 0.1) is 12.2 Å². The molecule has 0 aliphatic heterocycles. The number of allylic oxidation sites excluding steroid dienone is 26. The second kappa shape index (κ2) is 23.8. The molecule has 0 aromatic rings. The SMILES string of the molecule is CC(C)=CC[C@@H]1CCC(C)=C(/C=C/C(C)=C/C=C/C(C)=C/C=C/C=C(C)/C=C/C=C(C)/C=C/C=C(C)/C=C/[C@H](C/C=C(\C)CO)C(C)(C)O)C1(C)C. The monoisotopic (exact) mass is 705 g/mol. The van der Waals surface area contributed by atoms with Gasteiger partial charge in [0.2, 0.25) is 0 Å². The fourth-order valence-electron chi connectivity index (χ4n) is 6.03. The molecule has 0 fully saturated rings. The lowest BCUT2D eigenvalue weighted by atomic mass is 9.64. The summed E-state index contributed by atoms with van der Waals surface area (Å²) in [6.45, 7) is 27.7. The maximum Gasteiger partial charge on any atom is 0.0657 e. The molecule has 0 radical (unpaired) electrons. The second-order valence-corrected chi connectivity index (χ2v) is 16.1. The molecule has 52 heavy (non-hydrogen) atoms. The van der Waals surface area contributed by atoms with Crippen LogP contribution in [0.5, 0.6) is 0 Å². The van der Waals surface area contributed by atoms with E-state index >= 15 is 0 Å². The molecule has 1 aliphatic carbocycles. The maximum atomic E-state index is 10.5. The van der Waals surface area contributed by atoms with E-state index in [0.717, 1.165) is 23.1 Å². The van der Waals surface area contributed by atoms with Crippen LogP contribution in [-0.2, 0) is 0 Å². The molecular weight excluding hydrogens is 633 g/mol. The summed E-state index contributed by atoms with van der Waals surface area (Å²) in [6.07, 6.45) is 44.9. The first-order valence-corrected chi connectivity index (χ1v) is 19.1. The third-order valence-electron chi connectivity index (χ3n) is 9.82. The van der Waals surface area contributed by atoms with Crippen LogP contribution in [0.4, 0.5) is 0 Å². The van der Waals surface area contributed by atoms with Crippen LogP contribution >= 0.6 is 0 Å². The van der Waals surface area contributed by atoms with Crippen molar-refractivity contribution in [1.82, 2.24) is 0 Å². The van der Waals surface area contributed by atoms with Crippen molar-refractivity contribution in [2.24, 2.45) is 17.3 Å². The van der Waals surface area contributed by atoms with E-state index in [4.69, 9.17) is 0 Å². The zero-order valence-corrected chi connectivity index (χ0v) is 35.1. The summed E-state index contributed by atoms with van der Waals surface area (Å²) in [5.74, 6) is 0.652. The molecule has 0 saturated carbocycles. The summed E-state index contributed by atoms with van der Waals surface area (Å²) >= 11 is 0. The standard InChI is InChI=1S/C50H72O2/c1-38(2)27-32-46-35-31-45(9)48(49(46,10)11)36-30-43(7)26-17-22-40(4)20-15-14-19-39(3)21-16-23-41(5)24-18-25-42(6)28-33-47(50(12,13)52)34-29-44(8)37-51/h14-30,33,36,46-47,51-52H,31-32,34-35,37H2,1-13H3/b15-14+,21-16+,22-17+,24-18+,33-28+,36-30+,39-19+,40-20+,41-23+,42-25+,43-26+,44-29+/t46-,47-/m1/s1. The van der Waals surface area contributed by atoms with Gasteiger partial charge in [-0.1, -0.05) is 174 Å². The van der Waals surface area contributed by atoms with Crippen LogP contribution in [0, 0.1) is 17.3 Å². The van der Waals surface area contributed by atoms with Crippen molar-refractivity contribution >= 4 is 0 Å². The Balaban J connectivity index is 2.73. The van der Waals surface area contributed by atoms with Crippen molar-refractivity contribution in [3.63, 3.8) is 0 Å². The molecule has 2 nitrogen and oxygen atoms in total. The van der Waals surface area contributed by atoms with Gasteiger partial charge < -0.3 is 10.2 Å². The second-order valence-electron chi connectivity index (χ2n) is 16.1. The van der Waals surface area contributed by atoms with Crippen molar-refractivity contribution < 1.29 is 10.2 Å². The van der Waals surface area contributed by atoms with Gasteiger partial charge in [-0.05, 0) is 119 Å². The molecule has 1 rings (SSSR count). The highest BCUT2D eigenvalue weighted by Crippen LogP contribution is 2.47. The molecule has 0 amide bonds. The lowest BCUT2D eigenvalue weighted by molar-refractivity contribution is 0.0380. The highest BCUT2D eigenvalue weighted by atomic mass is 16.3. The Morgan fingerprint density at radius 3 is 1.63 bits per heavy atom. The summed E-state index contributed by atoms with van der Waals surface area (Å²) in [7, 11) is 0. The minimum absolute atomic E-state index is 0.0330. The molecule has 2 heteroatoms. The van der Waals surface area contributed by atoms with E-state index in [1.807, 2.05) is 26.8 Å². The van der Waals surface area contributed by atoms with Crippen LogP contribution in [0.15, 0.2) is 166 Å². The summed E-state index contributed by atoms with van der Waals surface area (Å²) in [5.41, 5.74) is 10.6. The summed E-state index contributed by atoms with van der Waals surface area (Å²) in [6, 6.07) is 0. The lowest BCUT2D eigenvalue weighted by Crippen LogP contribution is -2.30. The summed E-state index contributed by atoms with van der Waals surface area (Å²) in [4.78, 5) is 0. The topological polar surface area (TPSA) is 40.5 Å². The molecule has 0 saturated heterocycles. The van der Waals surface area contributed by atoms with Gasteiger partial charge in [-0.15, -0.1) is 0 Å². The Bertz CT molecular complexity index is 1580. The van der Waals surface area contributed by atoms with Crippen LogP contribution in [0.3, 0.4) is 0 Å². The van der Waals surface area contributed by atoms with E-state index in [2.05, 4.69) is 179 Å². The van der Waals surface area contributed by atoms with E-state index < -0.39 is 5.60 Å². The quantitative estimate of drug-likeness (QED) is 0.110. The molecule has 2 atom stereocenters. The number of aliphatic hydroxyl groups excluding tert-OH is 1. The average Bonchev–Trinajstić information content (AvgIpc) is 3.05. The first-order chi connectivity index (χ1) is 24.4. The molecular formula is C50H72O2. The molecule has 1 aliphatic rings. The van der Waals surface area contributed by atoms with Crippen molar-refractivity contribution in [3.8, 4) is 0 Å². The summed E-state index contributed by atoms with van der Waals surface area (Å²) < 4.78 is 0. The van der Waals surface area contributed by atoms with E-state index in [1.54, 1.807) is 0 Å². The minimum atomic E-state index is -0.838. The van der Waals surface area contributed by atoms with E-state index in [1.165, 1.54) is 46.3 Å². The zero-order chi connectivity index (χ0) is 39.3. The van der Waals surface area contributed by atoms with Crippen molar-refractivity contribution in [2.45, 2.75) is 121 Å². The Kier molecular flexibility index (Phi) is 21.2. The van der Waals surface area contributed by atoms with Crippen LogP contribution in [-0.4, -0.2) is 22.4 Å². The molecule has 0 aromatic heterocycles. The van der Waals surface area contributed by atoms with Gasteiger partial charge in [-0.25, -0.2) is 0 Å². The largest absolute Gasteiger partial charge is 0.392 e. The van der Waals surface area contributed by atoms with Crippen molar-refractivity contribution in [1.29, 1.82) is 0 Å². The number of hydrogen-bond donors (Lipinski definition) is 2. The van der Waals surface area contributed by atoms with Gasteiger partial charge in [-0.3, -0.25) is 0 Å². The molecule has 0 aromatic carbocycles. The van der Waals surface area contributed by atoms with E-state index in [0.29, 0.717) is 12.3 Å². The molecule has 2 N–H and O–H groups in total. The fraction of sp³-hybridized carbons (Fsp3) is 0.440. The zero-order valence-electron chi connectivity index (χ0n) is 35.1. The smallest absolute Gasteiger partial charge is 0.0657 e. The highest BCUT2D eigenvalue weighted by Gasteiger charge is 2.35. The Morgan fingerprint density at radius 1 is 0.712 bits per heavy atom. The van der Waals surface area contributed by atoms with Gasteiger partial charge in [-0.2, -0.15) is 0 Å². The maximum absolute atomic E-state index is 10.5. The Morgan fingerprint density at radius 2 is 1.17 bits per heavy atom. The molecule has 284 valence electrons. The predicted molar refractivity (Wildman–Crippen MR) is 232 cm³/mol. The third kappa shape index (κ3) is 19.2. The van der Waals surface area contributed by atoms with Gasteiger partial charge >= 0.3 is 0 Å². The number of aliphatic hydroxyl groups is 2. The van der Waals surface area contributed by atoms with E-state index in [-0.39, 0.29) is 17.9 Å². The predicted octanol–water partition coefficient (Wildman–Crippen LogP) is 13.9. The average molecular weight is 705 g/mol. The van der Waals surface area contributed by atoms with Gasteiger partial charge in [0.25, 0.3) is 0 Å². The van der Waals surface area contributed by atoms with Crippen molar-refractivity contribution in [2.75, 3.05) is 6.61 Å². The Labute approximate surface area is 320 Å². The molecule has 0 spiro atoms. The van der Waals surface area contributed by atoms with Crippen LogP contribution < -0.4 is 0 Å². The lowest BCUT2D eigenvalue weighted by Gasteiger charge is -2.41. The van der Waals surface area contributed by atoms with Gasteiger partial charge in [0.1, 0.15) is 0 Å². The highest BCUT2D eigenvalue weighted by molar-refractivity contribution is 5.38. The number of hydrogen-bond acceptors (Lipinski definition) is 2. The summed E-state index contributed by atoms with van der Waals surface area (Å²) in [5, 5.41) is 19.8. The van der Waals surface area contributed by atoms with E-state index in [9.17, 15) is 10.2 Å². The Hall–Kier alpha value is -3.72. The van der Waals surface area contributed by atoms with Gasteiger partial charge in [0, 0.05) is 5.92 Å². The third-order valence-corrected chi connectivity index (χ3v) is 9.82.